The van der Waals surface area contributed by atoms with Gasteiger partial charge in [-0.15, -0.1) is 11.3 Å². The SMILES string of the molecule is c1ccc(-c2ccc(-c3nc(-c4ccccc4)nc(-c4ccc5c(c4)oc4ccc(-c6cccc(-c7cccc8c7sc7ccccc78)c6)cc45)n3)cc2)cc1. The Morgan fingerprint density at radius 1 is 0.321 bits per heavy atom. The monoisotopic (exact) mass is 733 g/mol. The maximum Gasteiger partial charge on any atom is 0.164 e. The topological polar surface area (TPSA) is 51.8 Å². The normalized spacial score (nSPS) is 11.6. The quantitative estimate of drug-likeness (QED) is 0.171. The van der Waals surface area contributed by atoms with E-state index >= 15 is 0 Å². The molecule has 11 rings (SSSR count). The first-order valence-corrected chi connectivity index (χ1v) is 19.5. The molecule has 0 aliphatic heterocycles. The zero-order chi connectivity index (χ0) is 37.0. The highest BCUT2D eigenvalue weighted by molar-refractivity contribution is 7.26. The second-order valence-corrected chi connectivity index (χ2v) is 15.1. The number of aromatic nitrogens is 3. The summed E-state index contributed by atoms with van der Waals surface area (Å²) in [5.41, 5.74) is 11.4. The van der Waals surface area contributed by atoms with Gasteiger partial charge in [-0.3, -0.25) is 0 Å². The third-order valence-corrected chi connectivity index (χ3v) is 11.8. The molecule has 0 N–H and O–H groups in total. The third-order valence-electron chi connectivity index (χ3n) is 10.6. The van der Waals surface area contributed by atoms with Gasteiger partial charge in [0.1, 0.15) is 11.2 Å². The van der Waals surface area contributed by atoms with Crippen molar-refractivity contribution in [3.05, 3.63) is 188 Å². The van der Waals surface area contributed by atoms with Crippen LogP contribution in [0.4, 0.5) is 0 Å². The lowest BCUT2D eigenvalue weighted by molar-refractivity contribution is 0.669. The minimum absolute atomic E-state index is 0.592. The van der Waals surface area contributed by atoms with Crippen LogP contribution in [0.25, 0.3) is 110 Å². The molecule has 0 spiro atoms. The Hall–Kier alpha value is -7.21. The molecule has 0 radical (unpaired) electrons. The molecule has 4 nitrogen and oxygen atoms in total. The van der Waals surface area contributed by atoms with Gasteiger partial charge in [0.05, 0.1) is 0 Å². The van der Waals surface area contributed by atoms with E-state index in [9.17, 15) is 0 Å². The Morgan fingerprint density at radius 3 is 1.68 bits per heavy atom. The van der Waals surface area contributed by atoms with Crippen LogP contribution in [0.5, 0.6) is 0 Å². The van der Waals surface area contributed by atoms with Crippen LogP contribution in [0, 0.1) is 0 Å². The van der Waals surface area contributed by atoms with E-state index in [1.54, 1.807) is 0 Å². The molecule has 0 aliphatic carbocycles. The molecule has 0 fully saturated rings. The first kappa shape index (κ1) is 32.2. The Balaban J connectivity index is 0.968. The zero-order valence-corrected chi connectivity index (χ0v) is 30.9. The number of rotatable bonds is 6. The first-order valence-electron chi connectivity index (χ1n) is 18.7. The lowest BCUT2D eigenvalue weighted by atomic mass is 9.97. The van der Waals surface area contributed by atoms with Crippen LogP contribution < -0.4 is 0 Å². The first-order chi connectivity index (χ1) is 27.7. The Labute approximate surface area is 327 Å². The summed E-state index contributed by atoms with van der Waals surface area (Å²) in [6, 6.07) is 65.7. The molecule has 0 saturated heterocycles. The zero-order valence-electron chi connectivity index (χ0n) is 30.1. The van der Waals surface area contributed by atoms with Crippen molar-refractivity contribution in [3.8, 4) is 67.5 Å². The van der Waals surface area contributed by atoms with Gasteiger partial charge in [-0.1, -0.05) is 152 Å². The summed E-state index contributed by atoms with van der Waals surface area (Å²) in [5, 5.41) is 4.74. The lowest BCUT2D eigenvalue weighted by Crippen LogP contribution is -2.00. The predicted octanol–water partition coefficient (Wildman–Crippen LogP) is 14.1. The summed E-state index contributed by atoms with van der Waals surface area (Å²) >= 11 is 1.86. The molecule has 11 aromatic rings. The molecule has 3 aromatic heterocycles. The molecule has 8 aromatic carbocycles. The smallest absolute Gasteiger partial charge is 0.164 e. The fourth-order valence-electron chi connectivity index (χ4n) is 7.73. The van der Waals surface area contributed by atoms with E-state index in [2.05, 4.69) is 146 Å². The third kappa shape index (κ3) is 5.65. The number of hydrogen-bond donors (Lipinski definition) is 0. The van der Waals surface area contributed by atoms with Crippen LogP contribution >= 0.6 is 11.3 Å². The van der Waals surface area contributed by atoms with E-state index in [-0.39, 0.29) is 0 Å². The highest BCUT2D eigenvalue weighted by atomic mass is 32.1. The van der Waals surface area contributed by atoms with Crippen LogP contribution in [0.3, 0.4) is 0 Å². The van der Waals surface area contributed by atoms with Crippen molar-refractivity contribution in [1.29, 1.82) is 0 Å². The van der Waals surface area contributed by atoms with E-state index in [0.29, 0.717) is 17.5 Å². The molecule has 5 heteroatoms. The highest BCUT2D eigenvalue weighted by Crippen LogP contribution is 2.41. The van der Waals surface area contributed by atoms with Crippen LogP contribution in [-0.2, 0) is 0 Å². The molecule has 262 valence electrons. The van der Waals surface area contributed by atoms with Crippen molar-refractivity contribution < 1.29 is 4.42 Å². The van der Waals surface area contributed by atoms with E-state index in [1.165, 1.54) is 36.9 Å². The molecule has 3 heterocycles. The molecule has 0 unspecified atom stereocenters. The van der Waals surface area contributed by atoms with Crippen LogP contribution in [0.2, 0.25) is 0 Å². The number of benzene rings is 8. The minimum atomic E-state index is 0.592. The van der Waals surface area contributed by atoms with E-state index in [0.717, 1.165) is 55.3 Å². The number of thiophene rings is 1. The number of furan rings is 1. The second kappa shape index (κ2) is 13.3. The van der Waals surface area contributed by atoms with Gasteiger partial charge in [0, 0.05) is 47.6 Å². The van der Waals surface area contributed by atoms with Crippen molar-refractivity contribution >= 4 is 53.4 Å². The molecule has 0 saturated carbocycles. The van der Waals surface area contributed by atoms with Crippen LogP contribution in [0.1, 0.15) is 0 Å². The lowest BCUT2D eigenvalue weighted by Gasteiger charge is -2.09. The molecule has 0 amide bonds. The average molecular weight is 734 g/mol. The maximum atomic E-state index is 6.49. The maximum absolute atomic E-state index is 6.49. The average Bonchev–Trinajstić information content (AvgIpc) is 3.85. The summed E-state index contributed by atoms with van der Waals surface area (Å²) in [7, 11) is 0. The molecule has 0 bridgehead atoms. The van der Waals surface area contributed by atoms with Crippen molar-refractivity contribution in [2.24, 2.45) is 0 Å². The number of fused-ring (bicyclic) bond motifs is 6. The van der Waals surface area contributed by atoms with Gasteiger partial charge in [0.25, 0.3) is 0 Å². The summed E-state index contributed by atoms with van der Waals surface area (Å²) in [4.78, 5) is 14.9. The van der Waals surface area contributed by atoms with Crippen LogP contribution in [0.15, 0.2) is 192 Å². The van der Waals surface area contributed by atoms with Gasteiger partial charge in [0.15, 0.2) is 17.5 Å². The summed E-state index contributed by atoms with van der Waals surface area (Å²) in [5.74, 6) is 1.83. The summed E-state index contributed by atoms with van der Waals surface area (Å²) < 4.78 is 9.12. The van der Waals surface area contributed by atoms with Gasteiger partial charge < -0.3 is 4.42 Å². The van der Waals surface area contributed by atoms with E-state index in [4.69, 9.17) is 19.4 Å². The molecule has 0 aliphatic rings. The van der Waals surface area contributed by atoms with Crippen molar-refractivity contribution in [2.45, 2.75) is 0 Å². The Morgan fingerprint density at radius 2 is 0.875 bits per heavy atom. The Kier molecular flexibility index (Phi) is 7.64. The van der Waals surface area contributed by atoms with Gasteiger partial charge in [-0.2, -0.15) is 0 Å². The second-order valence-electron chi connectivity index (χ2n) is 14.0. The van der Waals surface area contributed by atoms with Crippen molar-refractivity contribution in [1.82, 2.24) is 15.0 Å². The van der Waals surface area contributed by atoms with Crippen molar-refractivity contribution in [3.63, 3.8) is 0 Å². The number of nitrogens with zero attached hydrogens (tertiary/aromatic N) is 3. The number of hydrogen-bond acceptors (Lipinski definition) is 5. The summed E-state index contributed by atoms with van der Waals surface area (Å²) in [6.07, 6.45) is 0. The van der Waals surface area contributed by atoms with Gasteiger partial charge in [-0.25, -0.2) is 15.0 Å². The van der Waals surface area contributed by atoms with Crippen molar-refractivity contribution in [2.75, 3.05) is 0 Å². The van der Waals surface area contributed by atoms with Gasteiger partial charge in [-0.05, 0) is 69.8 Å². The largest absolute Gasteiger partial charge is 0.456 e. The Bertz CT molecular complexity index is 3240. The van der Waals surface area contributed by atoms with E-state index < -0.39 is 0 Å². The van der Waals surface area contributed by atoms with Gasteiger partial charge in [0.2, 0.25) is 0 Å². The predicted molar refractivity (Wildman–Crippen MR) is 233 cm³/mol. The summed E-state index contributed by atoms with van der Waals surface area (Å²) in [6.45, 7) is 0. The molecule has 0 atom stereocenters. The van der Waals surface area contributed by atoms with E-state index in [1.807, 2.05) is 53.8 Å². The fraction of sp³-hybridized carbons (Fsp3) is 0. The van der Waals surface area contributed by atoms with Crippen LogP contribution in [-0.4, -0.2) is 15.0 Å². The molecule has 56 heavy (non-hydrogen) atoms. The van der Waals surface area contributed by atoms with Gasteiger partial charge >= 0.3 is 0 Å². The molecular weight excluding hydrogens is 703 g/mol. The minimum Gasteiger partial charge on any atom is -0.456 e. The highest BCUT2D eigenvalue weighted by Gasteiger charge is 2.16. The standard InChI is InChI=1S/C51H31N3OS/c1-3-11-32(12-4-1)33-21-23-35(24-22-33)50-52-49(34-13-5-2-6-14-34)53-51(54-50)39-25-27-41-44-30-37(26-28-45(44)55-46(41)31-39)36-15-9-16-38(29-36)40-18-10-19-43-42-17-7-8-20-47(42)56-48(40)43/h1-31H. The fourth-order valence-corrected chi connectivity index (χ4v) is 8.97. The molecular formula is C51H31N3OS.